The summed E-state index contributed by atoms with van der Waals surface area (Å²) in [5.74, 6) is -0.794. The van der Waals surface area contributed by atoms with Crippen LogP contribution in [0.3, 0.4) is 0 Å². The fraction of sp³-hybridized carbons (Fsp3) is 0.412. The maximum Gasteiger partial charge on any atom is 0.313 e. The van der Waals surface area contributed by atoms with Crippen LogP contribution < -0.4 is 11.1 Å². The molecule has 8 heteroatoms. The standard InChI is InChI=1S/C17H21N5O2S/c1-10-7-12(8-19-14(10)18)21-15(23)17(24)22-6-4-3-5-13(22)16-20-11(2)9-25-16/h7-9,13H,3-6H2,1-2H3,(H2,18,19)(H,21,23). The molecular formula is C17H21N5O2S. The quantitative estimate of drug-likeness (QED) is 0.802. The second-order valence-electron chi connectivity index (χ2n) is 6.22. The van der Waals surface area contributed by atoms with Crippen molar-refractivity contribution in [3.8, 4) is 0 Å². The Labute approximate surface area is 150 Å². The Morgan fingerprint density at radius 1 is 1.36 bits per heavy atom. The summed E-state index contributed by atoms with van der Waals surface area (Å²) in [5.41, 5.74) is 7.82. The monoisotopic (exact) mass is 359 g/mol. The third-order valence-electron chi connectivity index (χ3n) is 4.26. The van der Waals surface area contributed by atoms with E-state index < -0.39 is 11.8 Å². The van der Waals surface area contributed by atoms with Crippen LogP contribution in [0.15, 0.2) is 17.6 Å². The summed E-state index contributed by atoms with van der Waals surface area (Å²) in [7, 11) is 0. The van der Waals surface area contributed by atoms with Crippen molar-refractivity contribution in [2.24, 2.45) is 0 Å². The second-order valence-corrected chi connectivity index (χ2v) is 7.11. The van der Waals surface area contributed by atoms with Crippen LogP contribution in [0, 0.1) is 13.8 Å². The number of hydrogen-bond donors (Lipinski definition) is 2. The third-order valence-corrected chi connectivity index (χ3v) is 5.32. The van der Waals surface area contributed by atoms with E-state index in [1.54, 1.807) is 17.9 Å². The van der Waals surface area contributed by atoms with E-state index in [9.17, 15) is 9.59 Å². The predicted octanol–water partition coefficient (Wildman–Crippen LogP) is 2.43. The molecule has 132 valence electrons. The zero-order valence-electron chi connectivity index (χ0n) is 14.3. The van der Waals surface area contributed by atoms with Crippen LogP contribution >= 0.6 is 11.3 Å². The van der Waals surface area contributed by atoms with Gasteiger partial charge in [0.05, 0.1) is 17.9 Å². The Morgan fingerprint density at radius 2 is 2.16 bits per heavy atom. The van der Waals surface area contributed by atoms with Crippen molar-refractivity contribution in [1.82, 2.24) is 14.9 Å². The number of hydrogen-bond acceptors (Lipinski definition) is 6. The van der Waals surface area contributed by atoms with Gasteiger partial charge in [-0.1, -0.05) is 0 Å². The number of nitrogens with two attached hydrogens (primary N) is 1. The molecule has 1 unspecified atom stereocenters. The van der Waals surface area contributed by atoms with E-state index >= 15 is 0 Å². The van der Waals surface area contributed by atoms with Crippen molar-refractivity contribution in [2.45, 2.75) is 39.2 Å². The number of nitrogens with one attached hydrogen (secondary N) is 1. The van der Waals surface area contributed by atoms with Crippen LogP contribution in [0.4, 0.5) is 11.5 Å². The van der Waals surface area contributed by atoms with Crippen LogP contribution in [-0.4, -0.2) is 33.2 Å². The fourth-order valence-electron chi connectivity index (χ4n) is 2.93. The Kier molecular flexibility index (Phi) is 4.98. The molecule has 1 fully saturated rings. The molecule has 3 rings (SSSR count). The first kappa shape index (κ1) is 17.3. The molecule has 1 atom stereocenters. The molecule has 2 aromatic heterocycles. The molecule has 0 spiro atoms. The Balaban J connectivity index is 1.75. The maximum atomic E-state index is 12.7. The Hall–Kier alpha value is -2.48. The van der Waals surface area contributed by atoms with Crippen LogP contribution in [-0.2, 0) is 9.59 Å². The normalized spacial score (nSPS) is 17.4. The molecule has 0 aliphatic carbocycles. The van der Waals surface area contributed by atoms with Crippen LogP contribution in [0.2, 0.25) is 0 Å². The number of thiazole rings is 1. The van der Waals surface area contributed by atoms with Crippen LogP contribution in [0.5, 0.6) is 0 Å². The summed E-state index contributed by atoms with van der Waals surface area (Å²) < 4.78 is 0. The molecule has 1 saturated heterocycles. The summed E-state index contributed by atoms with van der Waals surface area (Å²) in [5, 5.41) is 5.48. The van der Waals surface area contributed by atoms with Gasteiger partial charge in [-0.3, -0.25) is 9.59 Å². The first-order valence-corrected chi connectivity index (χ1v) is 9.10. The van der Waals surface area contributed by atoms with Gasteiger partial charge in [0.1, 0.15) is 10.8 Å². The average molecular weight is 359 g/mol. The van der Waals surface area contributed by atoms with Gasteiger partial charge in [-0.25, -0.2) is 9.97 Å². The van der Waals surface area contributed by atoms with E-state index in [1.165, 1.54) is 17.5 Å². The Morgan fingerprint density at radius 3 is 2.84 bits per heavy atom. The third kappa shape index (κ3) is 3.79. The number of nitrogens with zero attached hydrogens (tertiary/aromatic N) is 3. The summed E-state index contributed by atoms with van der Waals surface area (Å²) >= 11 is 1.54. The highest BCUT2D eigenvalue weighted by Gasteiger charge is 2.33. The van der Waals surface area contributed by atoms with Gasteiger partial charge in [-0.05, 0) is 44.7 Å². The molecular weight excluding hydrogens is 338 g/mol. The molecule has 3 heterocycles. The molecule has 0 radical (unpaired) electrons. The zero-order chi connectivity index (χ0) is 18.0. The topological polar surface area (TPSA) is 101 Å². The number of pyridine rings is 1. The van der Waals surface area contributed by atoms with Gasteiger partial charge in [0, 0.05) is 17.6 Å². The van der Waals surface area contributed by atoms with Gasteiger partial charge >= 0.3 is 11.8 Å². The smallest absolute Gasteiger partial charge is 0.313 e. The number of carbonyl (C=O) groups is 2. The lowest BCUT2D eigenvalue weighted by molar-refractivity contribution is -0.145. The molecule has 3 N–H and O–H groups in total. The number of aromatic nitrogens is 2. The largest absolute Gasteiger partial charge is 0.383 e. The zero-order valence-corrected chi connectivity index (χ0v) is 15.1. The van der Waals surface area contributed by atoms with Crippen molar-refractivity contribution >= 4 is 34.7 Å². The minimum Gasteiger partial charge on any atom is -0.383 e. The number of nitrogen functional groups attached to an aromatic ring is 1. The first-order chi connectivity index (χ1) is 12.0. The number of carbonyl (C=O) groups excluding carboxylic acids is 2. The molecule has 0 saturated carbocycles. The van der Waals surface area contributed by atoms with E-state index in [0.717, 1.165) is 35.5 Å². The summed E-state index contributed by atoms with van der Waals surface area (Å²) in [6.07, 6.45) is 4.19. The number of likely N-dealkylation sites (tertiary alicyclic amines) is 1. The fourth-order valence-corrected chi connectivity index (χ4v) is 3.87. The molecule has 25 heavy (non-hydrogen) atoms. The van der Waals surface area contributed by atoms with Gasteiger partial charge in [-0.2, -0.15) is 0 Å². The molecule has 0 bridgehead atoms. The van der Waals surface area contributed by atoms with Gasteiger partial charge in [0.25, 0.3) is 0 Å². The predicted molar refractivity (Wildman–Crippen MR) is 97.2 cm³/mol. The molecule has 2 aromatic rings. The summed E-state index contributed by atoms with van der Waals surface area (Å²) in [4.78, 5) is 35.2. The number of rotatable bonds is 2. The van der Waals surface area contributed by atoms with Crippen molar-refractivity contribution < 1.29 is 9.59 Å². The van der Waals surface area contributed by atoms with E-state index in [2.05, 4.69) is 15.3 Å². The molecule has 0 aromatic carbocycles. The van der Waals surface area contributed by atoms with Crippen molar-refractivity contribution in [3.63, 3.8) is 0 Å². The molecule has 7 nitrogen and oxygen atoms in total. The lowest BCUT2D eigenvalue weighted by Crippen LogP contribution is -2.44. The number of amides is 2. The lowest BCUT2D eigenvalue weighted by atomic mass is 10.0. The van der Waals surface area contributed by atoms with E-state index in [1.807, 2.05) is 12.3 Å². The van der Waals surface area contributed by atoms with E-state index in [-0.39, 0.29) is 6.04 Å². The number of aryl methyl sites for hydroxylation is 2. The summed E-state index contributed by atoms with van der Waals surface area (Å²) in [6, 6.07) is 1.57. The maximum absolute atomic E-state index is 12.7. The van der Waals surface area contributed by atoms with Gasteiger partial charge < -0.3 is 16.0 Å². The highest BCUT2D eigenvalue weighted by atomic mass is 32.1. The highest BCUT2D eigenvalue weighted by molar-refractivity contribution is 7.09. The number of piperidine rings is 1. The number of anilines is 2. The molecule has 2 amide bonds. The van der Waals surface area contributed by atoms with E-state index in [0.29, 0.717) is 18.1 Å². The van der Waals surface area contributed by atoms with Crippen molar-refractivity contribution in [3.05, 3.63) is 33.9 Å². The minimum atomic E-state index is -0.661. The molecule has 1 aliphatic heterocycles. The van der Waals surface area contributed by atoms with Crippen molar-refractivity contribution in [1.29, 1.82) is 0 Å². The Bertz CT molecular complexity index is 804. The summed E-state index contributed by atoms with van der Waals surface area (Å²) in [6.45, 7) is 4.29. The minimum absolute atomic E-state index is 0.128. The van der Waals surface area contributed by atoms with Gasteiger partial charge in [-0.15, -0.1) is 11.3 Å². The van der Waals surface area contributed by atoms with Crippen LogP contribution in [0.1, 0.15) is 41.6 Å². The van der Waals surface area contributed by atoms with Crippen LogP contribution in [0.25, 0.3) is 0 Å². The van der Waals surface area contributed by atoms with Crippen molar-refractivity contribution in [2.75, 3.05) is 17.6 Å². The first-order valence-electron chi connectivity index (χ1n) is 8.22. The average Bonchev–Trinajstić information content (AvgIpc) is 3.04. The molecule has 1 aliphatic rings. The van der Waals surface area contributed by atoms with Gasteiger partial charge in [0.15, 0.2) is 0 Å². The lowest BCUT2D eigenvalue weighted by Gasteiger charge is -2.33. The highest BCUT2D eigenvalue weighted by Crippen LogP contribution is 2.32. The van der Waals surface area contributed by atoms with Gasteiger partial charge in [0.2, 0.25) is 0 Å². The van der Waals surface area contributed by atoms with E-state index in [4.69, 9.17) is 5.73 Å². The SMILES string of the molecule is Cc1csc(C2CCCCN2C(=O)C(=O)Nc2cnc(N)c(C)c2)n1. The second kappa shape index (κ2) is 7.18.